The zero-order valence-electron chi connectivity index (χ0n) is 18.9. The number of carbonyl (C=O) groups excluding carboxylic acids is 1. The molecule has 5 rings (SSSR count). The second kappa shape index (κ2) is 9.59. The first kappa shape index (κ1) is 23.2. The van der Waals surface area contributed by atoms with Gasteiger partial charge < -0.3 is 14.5 Å². The molecule has 2 aliphatic heterocycles. The van der Waals surface area contributed by atoms with E-state index in [0.29, 0.717) is 44.2 Å². The number of sulfonamides is 1. The van der Waals surface area contributed by atoms with Crippen LogP contribution in [0.3, 0.4) is 0 Å². The summed E-state index contributed by atoms with van der Waals surface area (Å²) in [6, 6.07) is 10.9. The maximum absolute atomic E-state index is 13.4. The fourth-order valence-electron chi connectivity index (χ4n) is 4.09. The molecule has 1 saturated heterocycles. The average Bonchev–Trinajstić information content (AvgIpc) is 2.88. The van der Waals surface area contributed by atoms with E-state index in [0.717, 1.165) is 30.4 Å². The lowest BCUT2D eigenvalue weighted by Crippen LogP contribution is -2.39. The minimum absolute atomic E-state index is 0.165. The Bertz CT molecular complexity index is 1340. The number of anilines is 2. The lowest BCUT2D eigenvalue weighted by Gasteiger charge is -2.30. The molecule has 0 saturated carbocycles. The summed E-state index contributed by atoms with van der Waals surface area (Å²) >= 11 is 0. The predicted octanol–water partition coefficient (Wildman–Crippen LogP) is 2.45. The first-order chi connectivity index (χ1) is 16.9. The van der Waals surface area contributed by atoms with E-state index in [2.05, 4.69) is 14.6 Å². The molecule has 35 heavy (non-hydrogen) atoms. The third-order valence-electron chi connectivity index (χ3n) is 6.00. The summed E-state index contributed by atoms with van der Waals surface area (Å²) in [6.45, 7) is 3.66. The number of carbonyl (C=O) groups is 1. The summed E-state index contributed by atoms with van der Waals surface area (Å²) in [5.41, 5.74) is 2.58. The third kappa shape index (κ3) is 5.10. The summed E-state index contributed by atoms with van der Waals surface area (Å²) in [6.07, 6.45) is 2.50. The second-order valence-corrected chi connectivity index (χ2v) is 10.0. The molecule has 0 aliphatic carbocycles. The SMILES string of the molecule is O=C(c1ccc(NS(=O)(=O)c2cccc(F)c2)cc1)N1CCc2cnc(N3CCOCC3)nc2C1. The molecule has 182 valence electrons. The number of hydrogen-bond acceptors (Lipinski definition) is 7. The van der Waals surface area contributed by atoms with E-state index >= 15 is 0 Å². The minimum atomic E-state index is -3.95. The van der Waals surface area contributed by atoms with Crippen molar-refractivity contribution in [1.29, 1.82) is 0 Å². The van der Waals surface area contributed by atoms with E-state index in [1.807, 2.05) is 6.20 Å². The number of rotatable bonds is 5. The van der Waals surface area contributed by atoms with E-state index in [1.54, 1.807) is 17.0 Å². The minimum Gasteiger partial charge on any atom is -0.378 e. The number of benzene rings is 2. The molecule has 1 N–H and O–H groups in total. The van der Waals surface area contributed by atoms with Crippen LogP contribution >= 0.6 is 0 Å². The van der Waals surface area contributed by atoms with Crippen LogP contribution in [0, 0.1) is 5.82 Å². The van der Waals surface area contributed by atoms with Crippen molar-refractivity contribution in [2.45, 2.75) is 17.9 Å². The van der Waals surface area contributed by atoms with Crippen molar-refractivity contribution in [2.75, 3.05) is 42.5 Å². The normalized spacial score (nSPS) is 16.0. The highest BCUT2D eigenvalue weighted by atomic mass is 32.2. The smallest absolute Gasteiger partial charge is 0.261 e. The van der Waals surface area contributed by atoms with E-state index < -0.39 is 15.8 Å². The molecule has 2 aromatic carbocycles. The molecule has 0 bridgehead atoms. The standard InChI is InChI=1S/C24H24FN5O4S/c25-19-2-1-3-21(14-19)35(32,33)28-20-6-4-17(5-7-20)23(31)30-9-8-18-15-26-24(27-22(18)16-30)29-10-12-34-13-11-29/h1-7,14-15,28H,8-13,16H2. The van der Waals surface area contributed by atoms with Gasteiger partial charge in [-0.3, -0.25) is 9.52 Å². The van der Waals surface area contributed by atoms with Gasteiger partial charge in [-0.1, -0.05) is 6.07 Å². The van der Waals surface area contributed by atoms with Crippen molar-refractivity contribution >= 4 is 27.6 Å². The molecule has 1 amide bonds. The molecule has 1 fully saturated rings. The molecule has 9 nitrogen and oxygen atoms in total. The average molecular weight is 498 g/mol. The number of halogens is 1. The molecule has 3 aromatic rings. The molecule has 0 atom stereocenters. The van der Waals surface area contributed by atoms with E-state index in [1.165, 1.54) is 30.3 Å². The Morgan fingerprint density at radius 1 is 1.06 bits per heavy atom. The maximum atomic E-state index is 13.4. The zero-order valence-corrected chi connectivity index (χ0v) is 19.7. The van der Waals surface area contributed by atoms with Crippen LogP contribution in [-0.4, -0.2) is 62.0 Å². The number of aromatic nitrogens is 2. The van der Waals surface area contributed by atoms with Crippen molar-refractivity contribution in [3.8, 4) is 0 Å². The highest BCUT2D eigenvalue weighted by Crippen LogP contribution is 2.23. The van der Waals surface area contributed by atoms with Crippen molar-refractivity contribution in [3.63, 3.8) is 0 Å². The fraction of sp³-hybridized carbons (Fsp3) is 0.292. The molecule has 2 aliphatic rings. The zero-order chi connectivity index (χ0) is 24.4. The summed E-state index contributed by atoms with van der Waals surface area (Å²) in [4.78, 5) is 26.0. The quantitative estimate of drug-likeness (QED) is 0.577. The third-order valence-corrected chi connectivity index (χ3v) is 7.38. The van der Waals surface area contributed by atoms with E-state index in [4.69, 9.17) is 9.72 Å². The van der Waals surface area contributed by atoms with Crippen LogP contribution in [0.15, 0.2) is 59.6 Å². The Labute approximate surface area is 202 Å². The number of hydrogen-bond donors (Lipinski definition) is 1. The summed E-state index contributed by atoms with van der Waals surface area (Å²) in [5.74, 6) is -0.155. The van der Waals surface area contributed by atoms with Gasteiger partial charge in [0.25, 0.3) is 15.9 Å². The van der Waals surface area contributed by atoms with Crippen LogP contribution in [0.25, 0.3) is 0 Å². The largest absolute Gasteiger partial charge is 0.378 e. The van der Waals surface area contributed by atoms with Gasteiger partial charge in [-0.25, -0.2) is 22.8 Å². The molecule has 11 heteroatoms. The van der Waals surface area contributed by atoms with Crippen LogP contribution in [0.2, 0.25) is 0 Å². The van der Waals surface area contributed by atoms with Gasteiger partial charge in [-0.15, -0.1) is 0 Å². The molecule has 0 radical (unpaired) electrons. The van der Waals surface area contributed by atoms with Crippen LogP contribution in [0.5, 0.6) is 0 Å². The Hall–Kier alpha value is -3.57. The topological polar surface area (TPSA) is 105 Å². The maximum Gasteiger partial charge on any atom is 0.261 e. The molecule has 1 aromatic heterocycles. The van der Waals surface area contributed by atoms with Gasteiger partial charge in [0.1, 0.15) is 5.82 Å². The highest BCUT2D eigenvalue weighted by Gasteiger charge is 2.25. The fourth-order valence-corrected chi connectivity index (χ4v) is 5.18. The highest BCUT2D eigenvalue weighted by molar-refractivity contribution is 7.92. The van der Waals surface area contributed by atoms with Gasteiger partial charge >= 0.3 is 0 Å². The summed E-state index contributed by atoms with van der Waals surface area (Å²) in [7, 11) is -3.95. The summed E-state index contributed by atoms with van der Waals surface area (Å²) < 4.78 is 46.2. The molecule has 0 spiro atoms. The van der Waals surface area contributed by atoms with Gasteiger partial charge in [-0.05, 0) is 54.4 Å². The Balaban J connectivity index is 1.27. The van der Waals surface area contributed by atoms with Crippen LogP contribution < -0.4 is 9.62 Å². The molecule has 0 unspecified atom stereocenters. The van der Waals surface area contributed by atoms with Crippen LogP contribution in [0.1, 0.15) is 21.6 Å². The van der Waals surface area contributed by atoms with Crippen LogP contribution in [-0.2, 0) is 27.7 Å². The first-order valence-corrected chi connectivity index (χ1v) is 12.7. The first-order valence-electron chi connectivity index (χ1n) is 11.2. The van der Waals surface area contributed by atoms with Gasteiger partial charge in [0.05, 0.1) is 30.3 Å². The summed E-state index contributed by atoms with van der Waals surface area (Å²) in [5, 5.41) is 0. The number of amides is 1. The number of ether oxygens (including phenoxy) is 1. The van der Waals surface area contributed by atoms with E-state index in [-0.39, 0.29) is 16.5 Å². The monoisotopic (exact) mass is 497 g/mol. The molecular weight excluding hydrogens is 473 g/mol. The van der Waals surface area contributed by atoms with Gasteiger partial charge in [0, 0.05) is 37.1 Å². The molecular formula is C24H24FN5O4S. The number of fused-ring (bicyclic) bond motifs is 1. The van der Waals surface area contributed by atoms with Crippen molar-refractivity contribution < 1.29 is 22.3 Å². The Morgan fingerprint density at radius 2 is 1.83 bits per heavy atom. The Kier molecular flexibility index (Phi) is 6.35. The van der Waals surface area contributed by atoms with Crippen molar-refractivity contribution in [3.05, 3.63) is 77.4 Å². The lowest BCUT2D eigenvalue weighted by molar-refractivity contribution is 0.0731. The van der Waals surface area contributed by atoms with Gasteiger partial charge in [-0.2, -0.15) is 0 Å². The number of nitrogens with one attached hydrogen (secondary N) is 1. The van der Waals surface area contributed by atoms with Crippen LogP contribution in [0.4, 0.5) is 16.0 Å². The van der Waals surface area contributed by atoms with Gasteiger partial charge in [0.2, 0.25) is 5.95 Å². The predicted molar refractivity (Wildman–Crippen MR) is 127 cm³/mol. The molecule has 3 heterocycles. The number of morpholine rings is 1. The van der Waals surface area contributed by atoms with Crippen molar-refractivity contribution in [2.24, 2.45) is 0 Å². The lowest BCUT2D eigenvalue weighted by atomic mass is 10.1. The van der Waals surface area contributed by atoms with Crippen molar-refractivity contribution in [1.82, 2.24) is 14.9 Å². The van der Waals surface area contributed by atoms with E-state index in [9.17, 15) is 17.6 Å². The number of nitrogens with zero attached hydrogens (tertiary/aromatic N) is 4. The second-order valence-electron chi connectivity index (χ2n) is 8.36. The van der Waals surface area contributed by atoms with Gasteiger partial charge in [0.15, 0.2) is 0 Å². The Morgan fingerprint density at radius 3 is 2.57 bits per heavy atom.